The first kappa shape index (κ1) is 12.0. The molecule has 3 atom stereocenters. The standard InChI is InChI=1S/C14H19NO2S/c1-15(12-6-13(14(16)17)18-8-12)7-11-5-9-2-3-10(11)4-9/h6,8-11H,2-5,7H2,1H3,(H,16,17). The summed E-state index contributed by atoms with van der Waals surface area (Å²) in [6.45, 7) is 1.08. The molecule has 4 heteroatoms. The Bertz CT molecular complexity index is 456. The SMILES string of the molecule is CN(CC1CC2CCC1C2)c1csc(C(=O)O)c1. The Morgan fingerprint density at radius 3 is 2.89 bits per heavy atom. The molecule has 2 saturated carbocycles. The Balaban J connectivity index is 1.63. The van der Waals surface area contributed by atoms with Gasteiger partial charge >= 0.3 is 5.97 Å². The summed E-state index contributed by atoms with van der Waals surface area (Å²) in [5, 5.41) is 10.9. The molecule has 0 spiro atoms. The number of nitrogens with zero attached hydrogens (tertiary/aromatic N) is 1. The van der Waals surface area contributed by atoms with Crippen molar-refractivity contribution in [3.8, 4) is 0 Å². The van der Waals surface area contributed by atoms with Crippen LogP contribution < -0.4 is 4.90 Å². The second-order valence-electron chi connectivity index (χ2n) is 5.79. The van der Waals surface area contributed by atoms with Gasteiger partial charge in [0.2, 0.25) is 0 Å². The van der Waals surface area contributed by atoms with Gasteiger partial charge in [-0.1, -0.05) is 6.42 Å². The van der Waals surface area contributed by atoms with E-state index in [1.165, 1.54) is 37.0 Å². The predicted molar refractivity (Wildman–Crippen MR) is 73.5 cm³/mol. The molecule has 1 heterocycles. The van der Waals surface area contributed by atoms with E-state index in [9.17, 15) is 4.79 Å². The van der Waals surface area contributed by atoms with Gasteiger partial charge in [0.1, 0.15) is 4.88 Å². The molecule has 2 bridgehead atoms. The van der Waals surface area contributed by atoms with Crippen molar-refractivity contribution in [2.45, 2.75) is 25.7 Å². The number of aromatic carboxylic acids is 1. The van der Waals surface area contributed by atoms with Gasteiger partial charge < -0.3 is 10.0 Å². The third kappa shape index (κ3) is 2.14. The minimum Gasteiger partial charge on any atom is -0.477 e. The number of fused-ring (bicyclic) bond motifs is 2. The van der Waals surface area contributed by atoms with E-state index < -0.39 is 5.97 Å². The average Bonchev–Trinajstić information content (AvgIpc) is 3.04. The van der Waals surface area contributed by atoms with Gasteiger partial charge in [0, 0.05) is 24.7 Å². The lowest BCUT2D eigenvalue weighted by atomic mass is 9.88. The maximum atomic E-state index is 10.9. The van der Waals surface area contributed by atoms with Gasteiger partial charge in [0.25, 0.3) is 0 Å². The molecule has 0 saturated heterocycles. The predicted octanol–water partition coefficient (Wildman–Crippen LogP) is 3.32. The van der Waals surface area contributed by atoms with E-state index in [2.05, 4.69) is 11.9 Å². The molecule has 0 aliphatic heterocycles. The van der Waals surface area contributed by atoms with Crippen LogP contribution in [0.3, 0.4) is 0 Å². The summed E-state index contributed by atoms with van der Waals surface area (Å²) in [7, 11) is 2.08. The van der Waals surface area contributed by atoms with Crippen LogP contribution in [0.25, 0.3) is 0 Å². The van der Waals surface area contributed by atoms with Crippen LogP contribution >= 0.6 is 11.3 Å². The first-order chi connectivity index (χ1) is 8.63. The fraction of sp³-hybridized carbons (Fsp3) is 0.643. The van der Waals surface area contributed by atoms with Gasteiger partial charge in [-0.3, -0.25) is 0 Å². The van der Waals surface area contributed by atoms with E-state index in [0.29, 0.717) is 4.88 Å². The monoisotopic (exact) mass is 265 g/mol. The van der Waals surface area contributed by atoms with E-state index in [1.807, 2.05) is 5.38 Å². The Morgan fingerprint density at radius 2 is 2.33 bits per heavy atom. The third-order valence-electron chi connectivity index (χ3n) is 4.63. The van der Waals surface area contributed by atoms with Crippen LogP contribution in [0.1, 0.15) is 35.4 Å². The molecule has 3 nitrogen and oxygen atoms in total. The quantitative estimate of drug-likeness (QED) is 0.908. The van der Waals surface area contributed by atoms with Gasteiger partial charge in [-0.05, 0) is 43.1 Å². The highest BCUT2D eigenvalue weighted by Gasteiger charge is 2.39. The molecule has 2 fully saturated rings. The second-order valence-corrected chi connectivity index (χ2v) is 6.70. The molecule has 3 unspecified atom stereocenters. The molecule has 0 amide bonds. The van der Waals surface area contributed by atoms with Gasteiger partial charge in [-0.15, -0.1) is 11.3 Å². The number of rotatable bonds is 4. The smallest absolute Gasteiger partial charge is 0.345 e. The first-order valence-corrected chi connectivity index (χ1v) is 7.54. The van der Waals surface area contributed by atoms with Crippen molar-refractivity contribution < 1.29 is 9.90 Å². The number of carboxylic acids is 1. The van der Waals surface area contributed by atoms with E-state index in [4.69, 9.17) is 5.11 Å². The lowest BCUT2D eigenvalue weighted by Crippen LogP contribution is -2.28. The first-order valence-electron chi connectivity index (χ1n) is 6.66. The number of hydrogen-bond acceptors (Lipinski definition) is 3. The average molecular weight is 265 g/mol. The highest BCUT2D eigenvalue weighted by atomic mass is 32.1. The fourth-order valence-electron chi connectivity index (χ4n) is 3.70. The Labute approximate surface area is 111 Å². The molecular formula is C14H19NO2S. The zero-order valence-corrected chi connectivity index (χ0v) is 11.4. The number of anilines is 1. The molecule has 0 radical (unpaired) electrons. The van der Waals surface area contributed by atoms with Crippen molar-refractivity contribution >= 4 is 23.0 Å². The van der Waals surface area contributed by atoms with Gasteiger partial charge in [-0.2, -0.15) is 0 Å². The number of carboxylic acid groups (broad SMARTS) is 1. The zero-order valence-electron chi connectivity index (χ0n) is 10.6. The number of thiophene rings is 1. The van der Waals surface area contributed by atoms with Crippen molar-refractivity contribution in [3.05, 3.63) is 16.3 Å². The molecule has 18 heavy (non-hydrogen) atoms. The topological polar surface area (TPSA) is 40.5 Å². The summed E-state index contributed by atoms with van der Waals surface area (Å²) >= 11 is 1.32. The fourth-order valence-corrected chi connectivity index (χ4v) is 4.48. The normalized spacial score (nSPS) is 29.7. The van der Waals surface area contributed by atoms with Crippen molar-refractivity contribution in [3.63, 3.8) is 0 Å². The largest absolute Gasteiger partial charge is 0.477 e. The molecule has 3 rings (SSSR count). The maximum Gasteiger partial charge on any atom is 0.345 e. The summed E-state index contributed by atoms with van der Waals surface area (Å²) in [5.41, 5.74) is 1.06. The molecule has 1 aromatic rings. The number of carbonyl (C=O) groups is 1. The van der Waals surface area contributed by atoms with Crippen molar-refractivity contribution in [1.82, 2.24) is 0 Å². The zero-order chi connectivity index (χ0) is 12.7. The lowest BCUT2D eigenvalue weighted by molar-refractivity contribution is 0.0702. The van der Waals surface area contributed by atoms with Crippen molar-refractivity contribution in [2.24, 2.45) is 17.8 Å². The molecular weight excluding hydrogens is 246 g/mol. The van der Waals surface area contributed by atoms with E-state index in [1.54, 1.807) is 6.07 Å². The van der Waals surface area contributed by atoms with Crippen LogP contribution in [0.4, 0.5) is 5.69 Å². The van der Waals surface area contributed by atoms with Gasteiger partial charge in [0.15, 0.2) is 0 Å². The van der Waals surface area contributed by atoms with E-state index in [-0.39, 0.29) is 0 Å². The van der Waals surface area contributed by atoms with Crippen LogP contribution in [0.15, 0.2) is 11.4 Å². The highest BCUT2D eigenvalue weighted by Crippen LogP contribution is 2.48. The van der Waals surface area contributed by atoms with Crippen LogP contribution in [0.5, 0.6) is 0 Å². The minimum absolute atomic E-state index is 0.435. The van der Waals surface area contributed by atoms with E-state index >= 15 is 0 Å². The van der Waals surface area contributed by atoms with Crippen molar-refractivity contribution in [2.75, 3.05) is 18.5 Å². The molecule has 98 valence electrons. The van der Waals surface area contributed by atoms with Crippen LogP contribution in [-0.4, -0.2) is 24.7 Å². The van der Waals surface area contributed by atoms with Crippen LogP contribution in [0, 0.1) is 17.8 Å². The van der Waals surface area contributed by atoms with Crippen LogP contribution in [-0.2, 0) is 0 Å². The lowest BCUT2D eigenvalue weighted by Gasteiger charge is -2.27. The van der Waals surface area contributed by atoms with Crippen LogP contribution in [0.2, 0.25) is 0 Å². The third-order valence-corrected chi connectivity index (χ3v) is 5.54. The maximum absolute atomic E-state index is 10.9. The van der Waals surface area contributed by atoms with Gasteiger partial charge in [0.05, 0.1) is 0 Å². The molecule has 0 aromatic carbocycles. The second kappa shape index (κ2) is 4.57. The molecule has 2 aliphatic rings. The van der Waals surface area contributed by atoms with E-state index in [0.717, 1.165) is 30.0 Å². The Kier molecular flexibility index (Phi) is 3.06. The highest BCUT2D eigenvalue weighted by molar-refractivity contribution is 7.12. The molecule has 1 aromatic heterocycles. The van der Waals surface area contributed by atoms with Crippen molar-refractivity contribution in [1.29, 1.82) is 0 Å². The summed E-state index contributed by atoms with van der Waals surface area (Å²) in [5.74, 6) is 1.90. The number of hydrogen-bond donors (Lipinski definition) is 1. The Morgan fingerprint density at radius 1 is 1.50 bits per heavy atom. The van der Waals surface area contributed by atoms with Gasteiger partial charge in [-0.25, -0.2) is 4.79 Å². The molecule has 1 N–H and O–H groups in total. The summed E-state index contributed by atoms with van der Waals surface area (Å²) in [4.78, 5) is 13.5. The summed E-state index contributed by atoms with van der Waals surface area (Å²) in [6.07, 6.45) is 5.66. The summed E-state index contributed by atoms with van der Waals surface area (Å²) < 4.78 is 0. The summed E-state index contributed by atoms with van der Waals surface area (Å²) in [6, 6.07) is 1.79. The minimum atomic E-state index is -0.820. The molecule has 2 aliphatic carbocycles. The Hall–Kier alpha value is -1.03.